The van der Waals surface area contributed by atoms with Gasteiger partial charge in [0.15, 0.2) is 0 Å². The Morgan fingerprint density at radius 3 is 2.62 bits per heavy atom. The first kappa shape index (κ1) is 17.9. The van der Waals surface area contributed by atoms with Crippen molar-refractivity contribution in [2.45, 2.75) is 95.2 Å². The Labute approximate surface area is 161 Å². The summed E-state index contributed by atoms with van der Waals surface area (Å²) in [6.45, 7) is 2.58. The lowest BCUT2D eigenvalue weighted by molar-refractivity contribution is -0.137. The molecule has 144 valence electrons. The predicted octanol–water partition coefficient (Wildman–Crippen LogP) is 5.31. The van der Waals surface area contributed by atoms with E-state index in [1.165, 1.54) is 57.8 Å². The second kappa shape index (κ2) is 5.94. The van der Waals surface area contributed by atoms with Crippen LogP contribution < -0.4 is 0 Å². The molecule has 5 unspecified atom stereocenters. The molecule has 26 heavy (non-hydrogen) atoms. The van der Waals surface area contributed by atoms with E-state index >= 15 is 0 Å². The topological polar surface area (TPSA) is 44.0 Å². The van der Waals surface area contributed by atoms with Gasteiger partial charge in [-0.05, 0) is 111 Å². The summed E-state index contributed by atoms with van der Waals surface area (Å²) in [5.74, 6) is 4.04. The van der Waals surface area contributed by atoms with Crippen molar-refractivity contribution in [2.24, 2.45) is 40.4 Å². The number of nitriles is 1. The van der Waals surface area contributed by atoms with Crippen LogP contribution in [0.15, 0.2) is 0 Å². The molecule has 0 heterocycles. The molecule has 1 N–H and O–H groups in total. The van der Waals surface area contributed by atoms with Crippen molar-refractivity contribution in [1.82, 2.24) is 0 Å². The molecular formula is C23H36NOP. The van der Waals surface area contributed by atoms with Crippen LogP contribution in [0.4, 0.5) is 0 Å². The maximum Gasteiger partial charge on any atom is 0.0745 e. The van der Waals surface area contributed by atoms with Crippen LogP contribution in [-0.2, 0) is 0 Å². The fraction of sp³-hybridized carbons (Fsp3) is 0.957. The Morgan fingerprint density at radius 1 is 0.962 bits per heavy atom. The quantitative estimate of drug-likeness (QED) is 0.585. The van der Waals surface area contributed by atoms with Crippen LogP contribution in [0.25, 0.3) is 0 Å². The maximum absolute atomic E-state index is 10.2. The molecule has 5 rings (SSSR count). The third-order valence-corrected chi connectivity index (χ3v) is 11.2. The molecule has 10 atom stereocenters. The van der Waals surface area contributed by atoms with Crippen LogP contribution in [0.5, 0.6) is 0 Å². The molecule has 5 saturated carbocycles. The molecular weight excluding hydrogens is 337 g/mol. The highest BCUT2D eigenvalue weighted by molar-refractivity contribution is 7.19. The highest BCUT2D eigenvalue weighted by Gasteiger charge is 2.65. The van der Waals surface area contributed by atoms with Gasteiger partial charge in [-0.1, -0.05) is 13.3 Å². The van der Waals surface area contributed by atoms with Gasteiger partial charge in [0.05, 0.1) is 17.3 Å². The minimum atomic E-state index is -0.143. The molecule has 1 spiro atoms. The average molecular weight is 374 g/mol. The minimum absolute atomic E-state index is 0.0397. The molecule has 3 heteroatoms. The number of aliphatic hydroxyl groups is 1. The Hall–Kier alpha value is -0.120. The lowest BCUT2D eigenvalue weighted by Crippen LogP contribution is -2.56. The molecule has 0 saturated heterocycles. The monoisotopic (exact) mass is 373 g/mol. The van der Waals surface area contributed by atoms with Crippen molar-refractivity contribution in [2.75, 3.05) is 0 Å². The summed E-state index contributed by atoms with van der Waals surface area (Å²) in [4.78, 5) is 0. The van der Waals surface area contributed by atoms with Gasteiger partial charge in [0.1, 0.15) is 0 Å². The summed E-state index contributed by atoms with van der Waals surface area (Å²) in [6.07, 6.45) is 15.2. The summed E-state index contributed by atoms with van der Waals surface area (Å²) in [5, 5.41) is 20.0. The van der Waals surface area contributed by atoms with Crippen LogP contribution in [-0.4, -0.2) is 16.4 Å². The fourth-order valence-corrected chi connectivity index (χ4v) is 10.0. The highest BCUT2D eigenvalue weighted by Crippen LogP contribution is 2.72. The van der Waals surface area contributed by atoms with Gasteiger partial charge >= 0.3 is 0 Å². The third-order valence-electron chi connectivity index (χ3n) is 10.4. The van der Waals surface area contributed by atoms with Crippen LogP contribution in [0.1, 0.15) is 84.0 Å². The minimum Gasteiger partial charge on any atom is -0.393 e. The van der Waals surface area contributed by atoms with E-state index in [4.69, 9.17) is 0 Å². The summed E-state index contributed by atoms with van der Waals surface area (Å²) in [5.41, 5.74) is 0.956. The molecule has 2 nitrogen and oxygen atoms in total. The Balaban J connectivity index is 1.46. The SMILES string of the molecule is C[C@]12CC[C@@H](O)C[C@@H]1CCC1C3CC[C@@H]4C(P)(C#N)CCC[C@]34CCC12. The largest absolute Gasteiger partial charge is 0.393 e. The first-order valence-electron chi connectivity index (χ1n) is 11.3. The van der Waals surface area contributed by atoms with Gasteiger partial charge in [0.25, 0.3) is 0 Å². The van der Waals surface area contributed by atoms with Gasteiger partial charge in [-0.15, -0.1) is 9.24 Å². The van der Waals surface area contributed by atoms with Gasteiger partial charge in [0.2, 0.25) is 0 Å². The fourth-order valence-electron chi connectivity index (χ4n) is 9.32. The number of hydrogen-bond donors (Lipinski definition) is 1. The zero-order valence-corrected chi connectivity index (χ0v) is 17.6. The Bertz CT molecular complexity index is 630. The average Bonchev–Trinajstić information content (AvgIpc) is 3.04. The predicted molar refractivity (Wildman–Crippen MR) is 107 cm³/mol. The van der Waals surface area contributed by atoms with Crippen LogP contribution in [0.2, 0.25) is 0 Å². The van der Waals surface area contributed by atoms with Gasteiger partial charge in [0, 0.05) is 0 Å². The number of rotatable bonds is 0. The van der Waals surface area contributed by atoms with E-state index in [1.54, 1.807) is 0 Å². The van der Waals surface area contributed by atoms with Gasteiger partial charge in [-0.2, -0.15) is 5.26 Å². The van der Waals surface area contributed by atoms with Crippen molar-refractivity contribution in [3.05, 3.63) is 0 Å². The lowest BCUT2D eigenvalue weighted by atomic mass is 9.43. The number of hydrogen-bond acceptors (Lipinski definition) is 2. The number of aliphatic hydroxyl groups excluding tert-OH is 1. The highest BCUT2D eigenvalue weighted by atomic mass is 31.0. The summed E-state index contributed by atoms with van der Waals surface area (Å²) in [6, 6.07) is 2.74. The number of fused-ring (bicyclic) bond motifs is 4. The smallest absolute Gasteiger partial charge is 0.0745 e. The first-order chi connectivity index (χ1) is 12.4. The van der Waals surface area contributed by atoms with E-state index in [-0.39, 0.29) is 11.3 Å². The van der Waals surface area contributed by atoms with Crippen LogP contribution in [0.3, 0.4) is 0 Å². The van der Waals surface area contributed by atoms with Gasteiger partial charge in [-0.3, -0.25) is 0 Å². The maximum atomic E-state index is 10.2. The van der Waals surface area contributed by atoms with E-state index in [9.17, 15) is 10.4 Å². The molecule has 0 radical (unpaired) electrons. The second-order valence-corrected chi connectivity index (χ2v) is 12.0. The molecule has 0 aromatic rings. The van der Waals surface area contributed by atoms with E-state index in [0.717, 1.165) is 42.9 Å². The lowest BCUT2D eigenvalue weighted by Gasteiger charge is -2.63. The standard InChI is InChI=1S/C23H36NOP/c1-21-11-7-16(25)13-15(21)3-4-17-18(21)8-12-22-9-2-10-23(26,14-24)20(22)6-5-19(17)22/h15-20,25H,2-13,26H2,1H3/t15-,16+,17?,18?,19?,20-,21-,22-,23?/m0/s1. The van der Waals surface area contributed by atoms with E-state index in [0.29, 0.717) is 16.7 Å². The molecule has 5 fully saturated rings. The van der Waals surface area contributed by atoms with E-state index in [1.807, 2.05) is 0 Å². The summed E-state index contributed by atoms with van der Waals surface area (Å²) < 4.78 is 0. The van der Waals surface area contributed by atoms with Crippen LogP contribution >= 0.6 is 9.24 Å². The van der Waals surface area contributed by atoms with Gasteiger partial charge in [-0.25, -0.2) is 0 Å². The van der Waals surface area contributed by atoms with Crippen molar-refractivity contribution >= 4 is 9.24 Å². The third kappa shape index (κ3) is 2.23. The molecule has 0 aromatic heterocycles. The van der Waals surface area contributed by atoms with Crippen molar-refractivity contribution in [3.8, 4) is 6.07 Å². The van der Waals surface area contributed by atoms with E-state index < -0.39 is 0 Å². The molecule has 0 aromatic carbocycles. The molecule has 0 amide bonds. The van der Waals surface area contributed by atoms with Crippen molar-refractivity contribution in [1.29, 1.82) is 5.26 Å². The molecule has 0 bridgehead atoms. The van der Waals surface area contributed by atoms with E-state index in [2.05, 4.69) is 22.2 Å². The van der Waals surface area contributed by atoms with Crippen LogP contribution in [0, 0.1) is 51.8 Å². The molecule has 5 aliphatic rings. The molecule has 0 aliphatic heterocycles. The molecule has 5 aliphatic carbocycles. The Kier molecular flexibility index (Phi) is 4.10. The zero-order chi connectivity index (χ0) is 18.2. The van der Waals surface area contributed by atoms with Crippen molar-refractivity contribution in [3.63, 3.8) is 0 Å². The normalized spacial score (nSPS) is 58.7. The van der Waals surface area contributed by atoms with Crippen molar-refractivity contribution < 1.29 is 5.11 Å². The van der Waals surface area contributed by atoms with Gasteiger partial charge < -0.3 is 5.11 Å². The Morgan fingerprint density at radius 2 is 1.81 bits per heavy atom. The second-order valence-electron chi connectivity index (χ2n) is 11.0. The first-order valence-corrected chi connectivity index (χ1v) is 11.9. The summed E-state index contributed by atoms with van der Waals surface area (Å²) in [7, 11) is 3.02. The number of nitrogens with zero attached hydrogens (tertiary/aromatic N) is 1. The zero-order valence-electron chi connectivity index (χ0n) is 16.4. The summed E-state index contributed by atoms with van der Waals surface area (Å²) >= 11 is 0.